The first kappa shape index (κ1) is 27.2. The van der Waals surface area contributed by atoms with E-state index in [0.717, 1.165) is 0 Å². The zero-order valence-electron chi connectivity index (χ0n) is 27.1. The highest BCUT2D eigenvalue weighted by atomic mass is 15.2. The van der Waals surface area contributed by atoms with E-state index in [4.69, 9.17) is 0 Å². The molecule has 0 saturated heterocycles. The van der Waals surface area contributed by atoms with Gasteiger partial charge in [-0.25, -0.2) is 0 Å². The normalized spacial score (nSPS) is 14.3. The number of anilines is 3. The lowest BCUT2D eigenvalue weighted by molar-refractivity contribution is 0.590. The van der Waals surface area contributed by atoms with Crippen LogP contribution in [0.15, 0.2) is 133 Å². The molecule has 222 valence electrons. The minimum absolute atomic E-state index is 0.0619. The molecule has 46 heavy (non-hydrogen) atoms. The molecule has 7 aromatic carbocycles. The minimum Gasteiger partial charge on any atom is -0.310 e. The molecule has 1 aliphatic heterocycles. The first-order valence-corrected chi connectivity index (χ1v) is 16.4. The molecule has 1 aliphatic carbocycles. The topological polar surface area (TPSA) is 3.24 Å². The summed E-state index contributed by atoms with van der Waals surface area (Å²) in [6.45, 7) is 11.5. The Morgan fingerprint density at radius 2 is 0.935 bits per heavy atom. The van der Waals surface area contributed by atoms with Crippen LogP contribution >= 0.6 is 0 Å². The molecule has 0 N–H and O–H groups in total. The molecule has 9 rings (SSSR count). The lowest BCUT2D eigenvalue weighted by Crippen LogP contribution is -2.30. The van der Waals surface area contributed by atoms with Gasteiger partial charge in [-0.05, 0) is 132 Å². The van der Waals surface area contributed by atoms with Gasteiger partial charge in [0, 0.05) is 11.1 Å². The van der Waals surface area contributed by atoms with E-state index in [1.807, 2.05) is 0 Å². The molecule has 0 saturated carbocycles. The van der Waals surface area contributed by atoms with Gasteiger partial charge in [0.15, 0.2) is 0 Å². The maximum absolute atomic E-state index is 2.45. The van der Waals surface area contributed by atoms with E-state index < -0.39 is 0 Å². The van der Waals surface area contributed by atoms with E-state index in [1.54, 1.807) is 0 Å². The second-order valence-electron chi connectivity index (χ2n) is 14.7. The lowest BCUT2D eigenvalue weighted by Gasteiger charge is -2.42. The van der Waals surface area contributed by atoms with Gasteiger partial charge in [-0.3, -0.25) is 0 Å². The number of nitrogens with zero attached hydrogens (tertiary/aromatic N) is 1. The lowest BCUT2D eigenvalue weighted by atomic mass is 9.73. The molecule has 0 spiro atoms. The second-order valence-corrected chi connectivity index (χ2v) is 14.7. The Kier molecular flexibility index (Phi) is 5.58. The van der Waals surface area contributed by atoms with Gasteiger partial charge in [-0.1, -0.05) is 113 Å². The predicted molar refractivity (Wildman–Crippen MR) is 197 cm³/mol. The summed E-state index contributed by atoms with van der Waals surface area (Å²) in [5.74, 6) is 0. The number of rotatable bonds is 2. The zero-order valence-corrected chi connectivity index (χ0v) is 27.1. The monoisotopic (exact) mass is 591 g/mol. The third-order valence-electron chi connectivity index (χ3n) is 10.5. The van der Waals surface area contributed by atoms with Crippen LogP contribution in [0, 0.1) is 0 Å². The molecule has 1 heterocycles. The summed E-state index contributed by atoms with van der Waals surface area (Å²) in [6.07, 6.45) is 0. The van der Waals surface area contributed by atoms with Gasteiger partial charge in [0.05, 0.1) is 11.4 Å². The van der Waals surface area contributed by atoms with Crippen LogP contribution in [0.1, 0.15) is 51.3 Å². The van der Waals surface area contributed by atoms with Crippen molar-refractivity contribution >= 4 is 38.6 Å². The van der Waals surface area contributed by atoms with Crippen LogP contribution in [0.25, 0.3) is 54.9 Å². The van der Waals surface area contributed by atoms with Gasteiger partial charge in [-0.2, -0.15) is 0 Å². The van der Waals surface area contributed by atoms with Gasteiger partial charge in [0.1, 0.15) is 0 Å². The largest absolute Gasteiger partial charge is 0.310 e. The zero-order chi connectivity index (χ0) is 31.4. The van der Waals surface area contributed by atoms with Gasteiger partial charge < -0.3 is 4.90 Å². The molecule has 0 radical (unpaired) electrons. The van der Waals surface area contributed by atoms with Gasteiger partial charge in [-0.15, -0.1) is 0 Å². The standard InChI is InChI=1S/C45H37N/c1-44(2,3)34-19-16-28(17-20-34)29-14-15-30-24-36-38(26-32(30)22-29)37-25-31-18-21-35(23-33(31)27-39(36)37)46-42-12-8-6-10-40(42)45(4,5)41-11-7-9-13-43(41)46/h6-27H,1-5H3. The fourth-order valence-electron chi connectivity index (χ4n) is 7.84. The maximum atomic E-state index is 2.45. The van der Waals surface area contributed by atoms with Crippen LogP contribution in [-0.4, -0.2) is 0 Å². The molecule has 0 bridgehead atoms. The van der Waals surface area contributed by atoms with Crippen molar-refractivity contribution in [2.75, 3.05) is 4.90 Å². The third kappa shape index (κ3) is 3.94. The van der Waals surface area contributed by atoms with E-state index in [9.17, 15) is 0 Å². The molecule has 1 nitrogen and oxygen atoms in total. The van der Waals surface area contributed by atoms with Crippen molar-refractivity contribution in [3.63, 3.8) is 0 Å². The predicted octanol–water partition coefficient (Wildman–Crippen LogP) is 12.7. The third-order valence-corrected chi connectivity index (χ3v) is 10.5. The number of hydrogen-bond acceptors (Lipinski definition) is 1. The fourth-order valence-corrected chi connectivity index (χ4v) is 7.84. The summed E-state index contributed by atoms with van der Waals surface area (Å²) in [7, 11) is 0. The van der Waals surface area contributed by atoms with Crippen molar-refractivity contribution in [3.05, 3.63) is 150 Å². The van der Waals surface area contributed by atoms with Crippen LogP contribution in [0.2, 0.25) is 0 Å². The highest BCUT2D eigenvalue weighted by molar-refractivity contribution is 6.12. The van der Waals surface area contributed by atoms with Crippen LogP contribution in [0.5, 0.6) is 0 Å². The van der Waals surface area contributed by atoms with Crippen LogP contribution in [0.3, 0.4) is 0 Å². The number of benzene rings is 7. The Hall–Kier alpha value is -5.14. The molecule has 0 unspecified atom stereocenters. The number of fused-ring (bicyclic) bond motifs is 8. The Morgan fingerprint density at radius 3 is 1.50 bits per heavy atom. The van der Waals surface area contributed by atoms with E-state index >= 15 is 0 Å². The summed E-state index contributed by atoms with van der Waals surface area (Å²) >= 11 is 0. The van der Waals surface area contributed by atoms with Crippen molar-refractivity contribution < 1.29 is 0 Å². The summed E-state index contributed by atoms with van der Waals surface area (Å²) in [5, 5.41) is 5.13. The summed E-state index contributed by atoms with van der Waals surface area (Å²) in [6, 6.07) is 50.3. The molecular formula is C45H37N. The van der Waals surface area contributed by atoms with E-state index in [1.165, 1.54) is 88.7 Å². The molecular weight excluding hydrogens is 555 g/mol. The highest BCUT2D eigenvalue weighted by Gasteiger charge is 2.36. The second kappa shape index (κ2) is 9.44. The molecule has 0 aromatic heterocycles. The first-order valence-electron chi connectivity index (χ1n) is 16.4. The van der Waals surface area contributed by atoms with E-state index in [-0.39, 0.29) is 10.8 Å². The first-order chi connectivity index (χ1) is 22.2. The average Bonchev–Trinajstić information content (AvgIpc) is 3.06. The molecule has 2 aliphatic rings. The number of hydrogen-bond donors (Lipinski definition) is 0. The average molecular weight is 592 g/mol. The fraction of sp³-hybridized carbons (Fsp3) is 0.156. The molecule has 7 aromatic rings. The summed E-state index contributed by atoms with van der Waals surface area (Å²) in [4.78, 5) is 2.45. The Morgan fingerprint density at radius 1 is 0.457 bits per heavy atom. The quantitative estimate of drug-likeness (QED) is 0.193. The van der Waals surface area contributed by atoms with Crippen LogP contribution < -0.4 is 4.90 Å². The van der Waals surface area contributed by atoms with Crippen LogP contribution in [0.4, 0.5) is 17.1 Å². The molecule has 0 atom stereocenters. The van der Waals surface area contributed by atoms with Crippen molar-refractivity contribution in [1.29, 1.82) is 0 Å². The smallest absolute Gasteiger partial charge is 0.0502 e. The highest BCUT2D eigenvalue weighted by Crippen LogP contribution is 2.53. The molecule has 0 fully saturated rings. The number of para-hydroxylation sites is 2. The van der Waals surface area contributed by atoms with E-state index in [2.05, 4.69) is 173 Å². The van der Waals surface area contributed by atoms with Gasteiger partial charge >= 0.3 is 0 Å². The Labute approximate surface area is 271 Å². The van der Waals surface area contributed by atoms with E-state index in [0.29, 0.717) is 0 Å². The molecule has 1 heteroatoms. The minimum atomic E-state index is -0.0619. The van der Waals surface area contributed by atoms with Gasteiger partial charge in [0.2, 0.25) is 0 Å². The molecule has 0 amide bonds. The van der Waals surface area contributed by atoms with Gasteiger partial charge in [0.25, 0.3) is 0 Å². The Balaban J connectivity index is 1.11. The van der Waals surface area contributed by atoms with Crippen molar-refractivity contribution in [3.8, 4) is 33.4 Å². The summed E-state index contributed by atoms with van der Waals surface area (Å²) in [5.41, 5.74) is 15.8. The maximum Gasteiger partial charge on any atom is 0.0502 e. The Bertz CT molecular complexity index is 2320. The van der Waals surface area contributed by atoms with Crippen molar-refractivity contribution in [1.82, 2.24) is 0 Å². The SMILES string of the molecule is CC(C)(C)c1ccc(-c2ccc3cc4c(cc3c2)-c2cc3ccc(N5c6ccccc6C(C)(C)c6ccccc65)cc3cc2-4)cc1. The van der Waals surface area contributed by atoms with Crippen molar-refractivity contribution in [2.45, 2.75) is 45.4 Å². The summed E-state index contributed by atoms with van der Waals surface area (Å²) < 4.78 is 0. The van der Waals surface area contributed by atoms with Crippen molar-refractivity contribution in [2.24, 2.45) is 0 Å². The van der Waals surface area contributed by atoms with Crippen LogP contribution in [-0.2, 0) is 10.8 Å².